The number of methoxy groups -OCH3 is 1. The van der Waals surface area contributed by atoms with E-state index in [-0.39, 0.29) is 18.1 Å². The summed E-state index contributed by atoms with van der Waals surface area (Å²) >= 11 is 1.45. The lowest BCUT2D eigenvalue weighted by atomic mass is 10.5. The van der Waals surface area contributed by atoms with Crippen LogP contribution in [-0.2, 0) is 0 Å². The molecule has 0 unspecified atom stereocenters. The number of nitrogens with zero attached hydrogens (tertiary/aromatic N) is 4. The van der Waals surface area contributed by atoms with E-state index in [2.05, 4.69) is 25.3 Å². The molecule has 0 aliphatic rings. The SMILES string of the molecule is COc1nc(Nc2nccs2)nc(OC(C)C)n1. The van der Waals surface area contributed by atoms with Crippen LogP contribution in [0.3, 0.4) is 0 Å². The van der Waals surface area contributed by atoms with Gasteiger partial charge in [-0.05, 0) is 13.8 Å². The fraction of sp³-hybridized carbons (Fsp3) is 0.400. The van der Waals surface area contributed by atoms with Gasteiger partial charge in [-0.2, -0.15) is 9.97 Å². The maximum Gasteiger partial charge on any atom is 0.324 e. The molecule has 2 aromatic heterocycles. The summed E-state index contributed by atoms with van der Waals surface area (Å²) in [6.07, 6.45) is 1.67. The van der Waals surface area contributed by atoms with Gasteiger partial charge in [-0.1, -0.05) is 0 Å². The number of rotatable bonds is 5. The van der Waals surface area contributed by atoms with Crippen LogP contribution in [0.15, 0.2) is 11.6 Å². The van der Waals surface area contributed by atoms with Gasteiger partial charge < -0.3 is 9.47 Å². The van der Waals surface area contributed by atoms with Crippen molar-refractivity contribution in [1.29, 1.82) is 0 Å². The lowest BCUT2D eigenvalue weighted by molar-refractivity contribution is 0.217. The average molecular weight is 267 g/mol. The maximum absolute atomic E-state index is 5.42. The Bertz CT molecular complexity index is 503. The summed E-state index contributed by atoms with van der Waals surface area (Å²) in [6, 6.07) is 0.413. The standard InChI is InChI=1S/C10H13N5O2S/c1-6(2)17-9-13-7(12-8(15-9)16-3)14-10-11-4-5-18-10/h4-6H,1-3H3,(H,11,12,13,14,15). The van der Waals surface area contributed by atoms with Crippen molar-refractivity contribution < 1.29 is 9.47 Å². The van der Waals surface area contributed by atoms with Crippen LogP contribution in [0, 0.1) is 0 Å². The van der Waals surface area contributed by atoms with Gasteiger partial charge in [0, 0.05) is 11.6 Å². The fourth-order valence-corrected chi connectivity index (χ4v) is 1.65. The number of ether oxygens (including phenoxy) is 2. The van der Waals surface area contributed by atoms with Gasteiger partial charge in [0.1, 0.15) is 0 Å². The van der Waals surface area contributed by atoms with Crippen LogP contribution in [0.4, 0.5) is 11.1 Å². The normalized spacial score (nSPS) is 10.4. The van der Waals surface area contributed by atoms with Gasteiger partial charge in [0.15, 0.2) is 5.13 Å². The Morgan fingerprint density at radius 1 is 1.22 bits per heavy atom. The van der Waals surface area contributed by atoms with E-state index in [1.54, 1.807) is 6.20 Å². The number of nitrogens with one attached hydrogen (secondary N) is 1. The van der Waals surface area contributed by atoms with Gasteiger partial charge in [-0.25, -0.2) is 4.98 Å². The van der Waals surface area contributed by atoms with Gasteiger partial charge in [0.2, 0.25) is 5.95 Å². The molecule has 0 saturated carbocycles. The fourth-order valence-electron chi connectivity index (χ4n) is 1.13. The minimum atomic E-state index is -0.0233. The lowest BCUT2D eigenvalue weighted by Gasteiger charge is -2.09. The third-order valence-corrected chi connectivity index (χ3v) is 2.46. The molecule has 0 bridgehead atoms. The highest BCUT2D eigenvalue weighted by molar-refractivity contribution is 7.13. The van der Waals surface area contributed by atoms with Crippen LogP contribution in [0.5, 0.6) is 12.0 Å². The highest BCUT2D eigenvalue weighted by Gasteiger charge is 2.10. The number of thiazole rings is 1. The van der Waals surface area contributed by atoms with Crippen LogP contribution < -0.4 is 14.8 Å². The molecule has 2 heterocycles. The molecular weight excluding hydrogens is 254 g/mol. The maximum atomic E-state index is 5.42. The first kappa shape index (κ1) is 12.5. The predicted molar refractivity (Wildman–Crippen MR) is 67.5 cm³/mol. The van der Waals surface area contributed by atoms with Crippen molar-refractivity contribution in [2.75, 3.05) is 12.4 Å². The summed E-state index contributed by atoms with van der Waals surface area (Å²) in [7, 11) is 1.49. The first-order valence-corrected chi connectivity index (χ1v) is 6.18. The molecule has 96 valence electrons. The van der Waals surface area contributed by atoms with Crippen molar-refractivity contribution in [2.24, 2.45) is 0 Å². The molecule has 0 aromatic carbocycles. The second-order valence-electron chi connectivity index (χ2n) is 3.56. The summed E-state index contributed by atoms with van der Waals surface area (Å²) < 4.78 is 10.4. The van der Waals surface area contributed by atoms with E-state index in [9.17, 15) is 0 Å². The van der Waals surface area contributed by atoms with Gasteiger partial charge >= 0.3 is 12.0 Å². The Labute approximate surface area is 108 Å². The van der Waals surface area contributed by atoms with Crippen molar-refractivity contribution >= 4 is 22.4 Å². The number of anilines is 2. The van der Waals surface area contributed by atoms with Crippen molar-refractivity contribution in [3.63, 3.8) is 0 Å². The molecule has 0 amide bonds. The van der Waals surface area contributed by atoms with Crippen molar-refractivity contribution in [3.05, 3.63) is 11.6 Å². The van der Waals surface area contributed by atoms with Crippen LogP contribution in [0.1, 0.15) is 13.8 Å². The quantitative estimate of drug-likeness (QED) is 0.885. The van der Waals surface area contributed by atoms with Crippen LogP contribution in [0.2, 0.25) is 0 Å². The van der Waals surface area contributed by atoms with Crippen molar-refractivity contribution in [1.82, 2.24) is 19.9 Å². The molecular formula is C10H13N5O2S. The highest BCUT2D eigenvalue weighted by Crippen LogP contribution is 2.19. The molecule has 8 heteroatoms. The molecule has 2 aromatic rings. The van der Waals surface area contributed by atoms with Gasteiger partial charge in [0.05, 0.1) is 13.2 Å². The number of hydrogen-bond acceptors (Lipinski definition) is 8. The minimum Gasteiger partial charge on any atom is -0.467 e. The Morgan fingerprint density at radius 2 is 2.00 bits per heavy atom. The Balaban J connectivity index is 2.23. The molecule has 0 saturated heterocycles. The number of hydrogen-bond donors (Lipinski definition) is 1. The van der Waals surface area contributed by atoms with E-state index in [1.807, 2.05) is 19.2 Å². The molecule has 0 aliphatic carbocycles. The monoisotopic (exact) mass is 267 g/mol. The van der Waals surface area contributed by atoms with Gasteiger partial charge in [-0.3, -0.25) is 5.32 Å². The largest absolute Gasteiger partial charge is 0.467 e. The summed E-state index contributed by atoms with van der Waals surface area (Å²) in [5, 5.41) is 5.50. The van der Waals surface area contributed by atoms with Crippen LogP contribution in [-0.4, -0.2) is 33.1 Å². The molecule has 18 heavy (non-hydrogen) atoms. The third-order valence-electron chi connectivity index (χ3n) is 1.77. The van der Waals surface area contributed by atoms with Crippen LogP contribution >= 0.6 is 11.3 Å². The van der Waals surface area contributed by atoms with Crippen molar-refractivity contribution in [2.45, 2.75) is 20.0 Å². The van der Waals surface area contributed by atoms with Crippen LogP contribution in [0.25, 0.3) is 0 Å². The smallest absolute Gasteiger partial charge is 0.324 e. The predicted octanol–water partition coefficient (Wildman–Crippen LogP) is 1.87. The van der Waals surface area contributed by atoms with E-state index in [1.165, 1.54) is 18.4 Å². The van der Waals surface area contributed by atoms with E-state index < -0.39 is 0 Å². The van der Waals surface area contributed by atoms with Gasteiger partial charge in [0.25, 0.3) is 0 Å². The van der Waals surface area contributed by atoms with Gasteiger partial charge in [-0.15, -0.1) is 16.3 Å². The second kappa shape index (κ2) is 5.58. The zero-order valence-corrected chi connectivity index (χ0v) is 11.1. The minimum absolute atomic E-state index is 0.0233. The summed E-state index contributed by atoms with van der Waals surface area (Å²) in [4.78, 5) is 16.3. The van der Waals surface area contributed by atoms with E-state index in [0.29, 0.717) is 11.1 Å². The Morgan fingerprint density at radius 3 is 2.61 bits per heavy atom. The molecule has 0 aliphatic heterocycles. The first-order chi connectivity index (χ1) is 8.67. The topological polar surface area (TPSA) is 82.0 Å². The molecule has 0 spiro atoms. The Hall–Kier alpha value is -1.96. The molecule has 0 radical (unpaired) electrons. The summed E-state index contributed by atoms with van der Waals surface area (Å²) in [5.74, 6) is 0.340. The molecule has 2 rings (SSSR count). The molecule has 1 N–H and O–H groups in total. The zero-order valence-electron chi connectivity index (χ0n) is 10.2. The van der Waals surface area contributed by atoms with E-state index in [4.69, 9.17) is 9.47 Å². The third kappa shape index (κ3) is 3.27. The Kier molecular flexibility index (Phi) is 3.88. The average Bonchev–Trinajstić information content (AvgIpc) is 2.80. The lowest BCUT2D eigenvalue weighted by Crippen LogP contribution is -2.11. The molecule has 0 fully saturated rings. The highest BCUT2D eigenvalue weighted by atomic mass is 32.1. The second-order valence-corrected chi connectivity index (χ2v) is 4.45. The number of aromatic nitrogens is 4. The zero-order chi connectivity index (χ0) is 13.0. The molecule has 7 nitrogen and oxygen atoms in total. The molecule has 0 atom stereocenters. The summed E-state index contributed by atoms with van der Waals surface area (Å²) in [5.41, 5.74) is 0. The van der Waals surface area contributed by atoms with E-state index >= 15 is 0 Å². The van der Waals surface area contributed by atoms with Crippen molar-refractivity contribution in [3.8, 4) is 12.0 Å². The van der Waals surface area contributed by atoms with E-state index in [0.717, 1.165) is 0 Å². The summed E-state index contributed by atoms with van der Waals surface area (Å²) in [6.45, 7) is 3.79. The first-order valence-electron chi connectivity index (χ1n) is 5.30.